The number of anilines is 1. The topological polar surface area (TPSA) is 70.9 Å². The van der Waals surface area contributed by atoms with Crippen molar-refractivity contribution in [2.45, 2.75) is 6.61 Å². The first kappa shape index (κ1) is 21.2. The van der Waals surface area contributed by atoms with Gasteiger partial charge in [0.25, 0.3) is 0 Å². The molecule has 3 rings (SSSR count). The molecule has 0 aromatic heterocycles. The van der Waals surface area contributed by atoms with E-state index in [-0.39, 0.29) is 5.56 Å². The summed E-state index contributed by atoms with van der Waals surface area (Å²) in [5, 5.41) is 14.1. The highest BCUT2D eigenvalue weighted by Gasteiger charge is 2.06. The number of hydrazone groups is 1. The maximum atomic E-state index is 10.9. The zero-order valence-corrected chi connectivity index (χ0v) is 18.0. The molecule has 0 heterocycles. The van der Waals surface area contributed by atoms with Crippen LogP contribution in [-0.4, -0.2) is 17.3 Å². The summed E-state index contributed by atoms with van der Waals surface area (Å²) in [6.07, 6.45) is 1.63. The smallest absolute Gasteiger partial charge is 0.335 e. The van der Waals surface area contributed by atoms with Gasteiger partial charge in [-0.3, -0.25) is 5.43 Å². The summed E-state index contributed by atoms with van der Waals surface area (Å²) in [7, 11) is 0. The van der Waals surface area contributed by atoms with E-state index in [4.69, 9.17) is 33.0 Å². The van der Waals surface area contributed by atoms with Crippen molar-refractivity contribution in [2.24, 2.45) is 5.10 Å². The quantitative estimate of drug-likeness (QED) is 0.292. The molecule has 0 unspecified atom stereocenters. The minimum atomic E-state index is -0.974. The van der Waals surface area contributed by atoms with Crippen LogP contribution in [0.1, 0.15) is 21.5 Å². The van der Waals surface area contributed by atoms with Crippen molar-refractivity contribution in [3.63, 3.8) is 0 Å². The van der Waals surface area contributed by atoms with Gasteiger partial charge in [-0.05, 0) is 60.2 Å². The molecule has 0 atom stereocenters. The maximum Gasteiger partial charge on any atom is 0.335 e. The summed E-state index contributed by atoms with van der Waals surface area (Å²) in [6, 6.07) is 17.2. The van der Waals surface area contributed by atoms with Crippen LogP contribution in [0.4, 0.5) is 5.69 Å². The van der Waals surface area contributed by atoms with Crippen LogP contribution < -0.4 is 10.2 Å². The van der Waals surface area contributed by atoms with Crippen LogP contribution in [0, 0.1) is 0 Å². The first-order chi connectivity index (χ1) is 13.9. The highest BCUT2D eigenvalue weighted by Crippen LogP contribution is 2.25. The molecule has 148 valence electrons. The predicted molar refractivity (Wildman–Crippen MR) is 120 cm³/mol. The van der Waals surface area contributed by atoms with Crippen molar-refractivity contribution in [3.05, 3.63) is 91.9 Å². The second-order valence-electron chi connectivity index (χ2n) is 5.97. The minimum Gasteiger partial charge on any atom is -0.488 e. The Labute approximate surface area is 186 Å². The van der Waals surface area contributed by atoms with Gasteiger partial charge >= 0.3 is 5.97 Å². The van der Waals surface area contributed by atoms with Crippen molar-refractivity contribution in [1.82, 2.24) is 0 Å². The van der Waals surface area contributed by atoms with Gasteiger partial charge in [0.15, 0.2) is 0 Å². The number of rotatable bonds is 7. The second-order valence-corrected chi connectivity index (χ2v) is 7.70. The van der Waals surface area contributed by atoms with Gasteiger partial charge in [0.05, 0.1) is 27.5 Å². The van der Waals surface area contributed by atoms with Gasteiger partial charge in [0.2, 0.25) is 0 Å². The van der Waals surface area contributed by atoms with E-state index in [0.717, 1.165) is 15.6 Å². The molecule has 0 aliphatic carbocycles. The molecular weight excluding hydrogens is 479 g/mol. The largest absolute Gasteiger partial charge is 0.488 e. The summed E-state index contributed by atoms with van der Waals surface area (Å²) in [6.45, 7) is 0.323. The van der Waals surface area contributed by atoms with E-state index < -0.39 is 5.97 Å². The second kappa shape index (κ2) is 9.78. The number of nitrogens with zero attached hydrogens (tertiary/aromatic N) is 1. The summed E-state index contributed by atoms with van der Waals surface area (Å²) in [5.74, 6) is -0.330. The van der Waals surface area contributed by atoms with Crippen LogP contribution in [-0.2, 0) is 6.61 Å². The molecule has 0 fully saturated rings. The van der Waals surface area contributed by atoms with Gasteiger partial charge in [-0.15, -0.1) is 0 Å². The molecule has 2 N–H and O–H groups in total. The number of benzene rings is 3. The third-order valence-electron chi connectivity index (χ3n) is 3.88. The van der Waals surface area contributed by atoms with Crippen LogP contribution in [0.5, 0.6) is 5.75 Å². The Morgan fingerprint density at radius 1 is 1.07 bits per heavy atom. The van der Waals surface area contributed by atoms with Gasteiger partial charge in [0, 0.05) is 10.0 Å². The molecule has 0 spiro atoms. The Hall–Kier alpha value is -2.54. The molecule has 5 nitrogen and oxygen atoms in total. The van der Waals surface area contributed by atoms with Crippen LogP contribution in [0.3, 0.4) is 0 Å². The van der Waals surface area contributed by atoms with E-state index in [0.29, 0.717) is 28.1 Å². The predicted octanol–water partition coefficient (Wildman–Crippen LogP) is 6.48. The number of carbonyl (C=O) groups is 1. The lowest BCUT2D eigenvalue weighted by Crippen LogP contribution is -2.00. The fourth-order valence-electron chi connectivity index (χ4n) is 2.41. The standard InChI is InChI=1S/C21H15BrCl2N2O3/c22-16-4-8-20(29-12-13-1-7-18(23)19(24)9-13)15(10-16)11-25-26-17-5-2-14(3-6-17)21(27)28/h1-11,26H,12H2,(H,27,28). The van der Waals surface area contributed by atoms with Crippen LogP contribution in [0.15, 0.2) is 70.2 Å². The molecule has 8 heteroatoms. The van der Waals surface area contributed by atoms with E-state index in [1.165, 1.54) is 12.1 Å². The number of ether oxygens (including phenoxy) is 1. The first-order valence-corrected chi connectivity index (χ1v) is 9.96. The number of hydrogen-bond donors (Lipinski definition) is 2. The van der Waals surface area contributed by atoms with Gasteiger partial charge in [0.1, 0.15) is 12.4 Å². The van der Waals surface area contributed by atoms with Crippen molar-refractivity contribution in [1.29, 1.82) is 0 Å². The molecule has 29 heavy (non-hydrogen) atoms. The highest BCUT2D eigenvalue weighted by atomic mass is 79.9. The Bertz CT molecular complexity index is 1060. The minimum absolute atomic E-state index is 0.213. The van der Waals surface area contributed by atoms with Crippen molar-refractivity contribution < 1.29 is 14.6 Å². The van der Waals surface area contributed by atoms with Crippen molar-refractivity contribution >= 4 is 57.0 Å². The number of halogens is 3. The number of hydrogen-bond acceptors (Lipinski definition) is 4. The van der Waals surface area contributed by atoms with Gasteiger partial charge in [-0.25, -0.2) is 4.79 Å². The molecular formula is C21H15BrCl2N2O3. The van der Waals surface area contributed by atoms with E-state index >= 15 is 0 Å². The zero-order valence-electron chi connectivity index (χ0n) is 14.9. The number of nitrogens with one attached hydrogen (secondary N) is 1. The summed E-state index contributed by atoms with van der Waals surface area (Å²) in [5.41, 5.74) is 5.39. The number of carboxylic acids is 1. The molecule has 0 aliphatic rings. The Morgan fingerprint density at radius 2 is 1.83 bits per heavy atom. The molecule has 3 aromatic rings. The molecule has 0 radical (unpaired) electrons. The molecule has 0 saturated carbocycles. The lowest BCUT2D eigenvalue weighted by atomic mass is 10.2. The Morgan fingerprint density at radius 3 is 2.52 bits per heavy atom. The van der Waals surface area contributed by atoms with E-state index in [2.05, 4.69) is 26.5 Å². The molecule has 0 bridgehead atoms. The van der Waals surface area contributed by atoms with Crippen LogP contribution in [0.25, 0.3) is 0 Å². The lowest BCUT2D eigenvalue weighted by Gasteiger charge is -2.10. The molecule has 0 amide bonds. The Kier molecular flexibility index (Phi) is 7.14. The molecule has 0 saturated heterocycles. The summed E-state index contributed by atoms with van der Waals surface area (Å²) in [4.78, 5) is 10.9. The van der Waals surface area contributed by atoms with E-state index in [1.807, 2.05) is 24.3 Å². The fourth-order valence-corrected chi connectivity index (χ4v) is 3.11. The van der Waals surface area contributed by atoms with Gasteiger partial charge < -0.3 is 9.84 Å². The van der Waals surface area contributed by atoms with Crippen molar-refractivity contribution in [3.8, 4) is 5.75 Å². The Balaban J connectivity index is 1.69. The number of carboxylic acid groups (broad SMARTS) is 1. The summed E-state index contributed by atoms with van der Waals surface area (Å²) < 4.78 is 6.79. The summed E-state index contributed by atoms with van der Waals surface area (Å²) >= 11 is 15.4. The third-order valence-corrected chi connectivity index (χ3v) is 5.11. The van der Waals surface area contributed by atoms with E-state index in [1.54, 1.807) is 30.5 Å². The van der Waals surface area contributed by atoms with Gasteiger partial charge in [-0.2, -0.15) is 5.10 Å². The normalized spacial score (nSPS) is 10.9. The number of aromatic carboxylic acids is 1. The van der Waals surface area contributed by atoms with Crippen LogP contribution in [0.2, 0.25) is 10.0 Å². The third kappa shape index (κ3) is 5.97. The fraction of sp³-hybridized carbons (Fsp3) is 0.0476. The van der Waals surface area contributed by atoms with Crippen LogP contribution >= 0.6 is 39.1 Å². The average molecular weight is 494 g/mol. The zero-order chi connectivity index (χ0) is 20.8. The van der Waals surface area contributed by atoms with E-state index in [9.17, 15) is 4.79 Å². The van der Waals surface area contributed by atoms with Gasteiger partial charge in [-0.1, -0.05) is 45.2 Å². The first-order valence-electron chi connectivity index (χ1n) is 8.41. The molecule has 0 aliphatic heterocycles. The average Bonchev–Trinajstić information content (AvgIpc) is 2.70. The lowest BCUT2D eigenvalue weighted by molar-refractivity contribution is 0.0697. The monoisotopic (exact) mass is 492 g/mol. The molecule has 3 aromatic carbocycles. The highest BCUT2D eigenvalue weighted by molar-refractivity contribution is 9.10. The van der Waals surface area contributed by atoms with Crippen molar-refractivity contribution in [2.75, 3.05) is 5.43 Å². The SMILES string of the molecule is O=C(O)c1ccc(NN=Cc2cc(Br)ccc2OCc2ccc(Cl)c(Cl)c2)cc1. The maximum absolute atomic E-state index is 10.9.